The summed E-state index contributed by atoms with van der Waals surface area (Å²) in [6.45, 7) is 3.78. The monoisotopic (exact) mass is 374 g/mol. The standard InChI is InChI=1S/C14H16BrClN2O3/c1-9(14(20)21)17-4-6-18(7-5-17)13(19)11-8-10(16)2-3-12(11)15/h2-3,8-9H,4-7H2,1H3,(H,20,21). The van der Waals surface area contributed by atoms with Gasteiger partial charge in [0.2, 0.25) is 0 Å². The number of aliphatic carboxylic acids is 1. The van der Waals surface area contributed by atoms with Crippen LogP contribution in [0.25, 0.3) is 0 Å². The third-order valence-electron chi connectivity index (χ3n) is 3.67. The number of carbonyl (C=O) groups is 2. The zero-order valence-corrected chi connectivity index (χ0v) is 13.9. The summed E-state index contributed by atoms with van der Waals surface area (Å²) >= 11 is 9.29. The summed E-state index contributed by atoms with van der Waals surface area (Å²) in [5.41, 5.74) is 0.530. The third kappa shape index (κ3) is 3.75. The highest BCUT2D eigenvalue weighted by molar-refractivity contribution is 9.10. The van der Waals surface area contributed by atoms with Crippen LogP contribution in [-0.4, -0.2) is 59.0 Å². The first kappa shape index (κ1) is 16.3. The molecule has 1 atom stereocenters. The molecule has 21 heavy (non-hydrogen) atoms. The summed E-state index contributed by atoms with van der Waals surface area (Å²) in [7, 11) is 0. The van der Waals surface area contributed by atoms with Crippen LogP contribution in [0.1, 0.15) is 17.3 Å². The largest absolute Gasteiger partial charge is 0.480 e. The molecule has 0 bridgehead atoms. The number of amides is 1. The van der Waals surface area contributed by atoms with Gasteiger partial charge in [-0.2, -0.15) is 0 Å². The lowest BCUT2D eigenvalue weighted by Crippen LogP contribution is -2.53. The Morgan fingerprint density at radius 1 is 1.29 bits per heavy atom. The van der Waals surface area contributed by atoms with Gasteiger partial charge in [0.15, 0.2) is 0 Å². The van der Waals surface area contributed by atoms with Crippen molar-refractivity contribution >= 4 is 39.4 Å². The minimum atomic E-state index is -0.840. The van der Waals surface area contributed by atoms with Gasteiger partial charge in [0.1, 0.15) is 6.04 Å². The lowest BCUT2D eigenvalue weighted by atomic mass is 10.1. The molecular weight excluding hydrogens is 360 g/mol. The Kier molecular flexibility index (Phi) is 5.24. The molecule has 1 aliphatic heterocycles. The van der Waals surface area contributed by atoms with Crippen molar-refractivity contribution in [3.05, 3.63) is 33.3 Å². The van der Waals surface area contributed by atoms with Gasteiger partial charge in [-0.15, -0.1) is 0 Å². The average molecular weight is 376 g/mol. The molecule has 0 spiro atoms. The van der Waals surface area contributed by atoms with Crippen LogP contribution in [-0.2, 0) is 4.79 Å². The van der Waals surface area contributed by atoms with Crippen molar-refractivity contribution in [1.82, 2.24) is 9.80 Å². The lowest BCUT2D eigenvalue weighted by molar-refractivity contribution is -0.143. The highest BCUT2D eigenvalue weighted by Crippen LogP contribution is 2.23. The van der Waals surface area contributed by atoms with Crippen molar-refractivity contribution in [3.63, 3.8) is 0 Å². The predicted octanol–water partition coefficient (Wildman–Crippen LogP) is 2.33. The van der Waals surface area contributed by atoms with Gasteiger partial charge in [0, 0.05) is 35.7 Å². The number of carboxylic acids is 1. The summed E-state index contributed by atoms with van der Waals surface area (Å²) in [6.07, 6.45) is 0. The number of hydrogen-bond donors (Lipinski definition) is 1. The number of benzene rings is 1. The molecule has 7 heteroatoms. The van der Waals surface area contributed by atoms with Gasteiger partial charge < -0.3 is 10.0 Å². The minimum Gasteiger partial charge on any atom is -0.480 e. The number of piperazine rings is 1. The number of rotatable bonds is 3. The number of hydrogen-bond acceptors (Lipinski definition) is 3. The van der Waals surface area contributed by atoms with Crippen LogP contribution in [0.4, 0.5) is 0 Å². The Labute approximate surface area is 136 Å². The molecular formula is C14H16BrClN2O3. The summed E-state index contributed by atoms with van der Waals surface area (Å²) in [5, 5.41) is 9.52. The SMILES string of the molecule is CC(C(=O)O)N1CCN(C(=O)c2cc(Cl)ccc2Br)CC1. The smallest absolute Gasteiger partial charge is 0.320 e. The fourth-order valence-corrected chi connectivity index (χ4v) is 2.89. The first-order valence-electron chi connectivity index (χ1n) is 6.61. The molecule has 1 fully saturated rings. The van der Waals surface area contributed by atoms with Gasteiger partial charge in [-0.05, 0) is 41.1 Å². The van der Waals surface area contributed by atoms with Crippen molar-refractivity contribution in [1.29, 1.82) is 0 Å². The summed E-state index contributed by atoms with van der Waals surface area (Å²) in [5.74, 6) is -0.931. The van der Waals surface area contributed by atoms with Gasteiger partial charge in [-0.3, -0.25) is 14.5 Å². The van der Waals surface area contributed by atoms with E-state index in [1.807, 2.05) is 4.90 Å². The highest BCUT2D eigenvalue weighted by atomic mass is 79.9. The number of carboxylic acid groups (broad SMARTS) is 1. The number of nitrogens with zero attached hydrogens (tertiary/aromatic N) is 2. The molecule has 0 aromatic heterocycles. The average Bonchev–Trinajstić information content (AvgIpc) is 2.48. The zero-order valence-electron chi connectivity index (χ0n) is 11.6. The van der Waals surface area contributed by atoms with E-state index in [4.69, 9.17) is 16.7 Å². The lowest BCUT2D eigenvalue weighted by Gasteiger charge is -2.36. The van der Waals surface area contributed by atoms with Crippen molar-refractivity contribution < 1.29 is 14.7 Å². The molecule has 1 aromatic rings. The van der Waals surface area contributed by atoms with E-state index in [1.165, 1.54) is 0 Å². The Hall–Kier alpha value is -1.11. The quantitative estimate of drug-likeness (QED) is 0.881. The van der Waals surface area contributed by atoms with Gasteiger partial charge in [-0.25, -0.2) is 0 Å². The second-order valence-corrected chi connectivity index (χ2v) is 6.26. The molecule has 0 saturated carbocycles. The molecule has 2 rings (SSSR count). The van der Waals surface area contributed by atoms with Crippen molar-refractivity contribution in [2.24, 2.45) is 0 Å². The van der Waals surface area contributed by atoms with Crippen molar-refractivity contribution in [2.75, 3.05) is 26.2 Å². The van der Waals surface area contributed by atoms with E-state index in [2.05, 4.69) is 15.9 Å². The maximum Gasteiger partial charge on any atom is 0.320 e. The maximum absolute atomic E-state index is 12.5. The first-order chi connectivity index (χ1) is 9.90. The molecule has 1 unspecified atom stereocenters. The van der Waals surface area contributed by atoms with Crippen molar-refractivity contribution in [2.45, 2.75) is 13.0 Å². The van der Waals surface area contributed by atoms with E-state index in [9.17, 15) is 9.59 Å². The van der Waals surface area contributed by atoms with Crippen LogP contribution in [0.15, 0.2) is 22.7 Å². The predicted molar refractivity (Wildman–Crippen MR) is 83.7 cm³/mol. The maximum atomic E-state index is 12.5. The van der Waals surface area contributed by atoms with Crippen LogP contribution in [0.2, 0.25) is 5.02 Å². The summed E-state index contributed by atoms with van der Waals surface area (Å²) in [6, 6.07) is 4.58. The highest BCUT2D eigenvalue weighted by Gasteiger charge is 2.28. The normalized spacial score (nSPS) is 17.6. The van der Waals surface area contributed by atoms with Crippen LogP contribution < -0.4 is 0 Å². The molecule has 114 valence electrons. The van der Waals surface area contributed by atoms with E-state index in [0.29, 0.717) is 41.2 Å². The summed E-state index contributed by atoms with van der Waals surface area (Å²) in [4.78, 5) is 27.0. The molecule has 1 saturated heterocycles. The Bertz CT molecular complexity index is 559. The second-order valence-electron chi connectivity index (χ2n) is 4.97. The molecule has 1 N–H and O–H groups in total. The van der Waals surface area contributed by atoms with E-state index < -0.39 is 12.0 Å². The summed E-state index contributed by atoms with van der Waals surface area (Å²) < 4.78 is 0.707. The van der Waals surface area contributed by atoms with E-state index in [1.54, 1.807) is 30.0 Å². The van der Waals surface area contributed by atoms with E-state index >= 15 is 0 Å². The zero-order chi connectivity index (χ0) is 15.6. The molecule has 1 aromatic carbocycles. The van der Waals surface area contributed by atoms with Crippen LogP contribution in [0.3, 0.4) is 0 Å². The molecule has 0 radical (unpaired) electrons. The van der Waals surface area contributed by atoms with Crippen LogP contribution in [0.5, 0.6) is 0 Å². The number of carbonyl (C=O) groups excluding carboxylic acids is 1. The van der Waals surface area contributed by atoms with Gasteiger partial charge >= 0.3 is 5.97 Å². The van der Waals surface area contributed by atoms with Crippen LogP contribution in [0, 0.1) is 0 Å². The molecule has 1 amide bonds. The Morgan fingerprint density at radius 2 is 1.90 bits per heavy atom. The fraction of sp³-hybridized carbons (Fsp3) is 0.429. The Morgan fingerprint density at radius 3 is 2.48 bits per heavy atom. The third-order valence-corrected chi connectivity index (χ3v) is 4.59. The Balaban J connectivity index is 2.03. The molecule has 1 heterocycles. The minimum absolute atomic E-state index is 0.0907. The first-order valence-corrected chi connectivity index (χ1v) is 7.78. The molecule has 5 nitrogen and oxygen atoms in total. The van der Waals surface area contributed by atoms with Gasteiger partial charge in [0.25, 0.3) is 5.91 Å². The molecule has 1 aliphatic rings. The van der Waals surface area contributed by atoms with E-state index in [-0.39, 0.29) is 5.91 Å². The molecule has 0 aliphatic carbocycles. The van der Waals surface area contributed by atoms with Crippen LogP contribution >= 0.6 is 27.5 Å². The topological polar surface area (TPSA) is 60.9 Å². The van der Waals surface area contributed by atoms with Gasteiger partial charge in [-0.1, -0.05) is 11.6 Å². The fourth-order valence-electron chi connectivity index (χ4n) is 2.30. The van der Waals surface area contributed by atoms with Gasteiger partial charge in [0.05, 0.1) is 5.56 Å². The van der Waals surface area contributed by atoms with E-state index in [0.717, 1.165) is 0 Å². The second kappa shape index (κ2) is 6.77. The van der Waals surface area contributed by atoms with Crippen molar-refractivity contribution in [3.8, 4) is 0 Å². The number of halogens is 2.